The summed E-state index contributed by atoms with van der Waals surface area (Å²) in [7, 11) is 0. The van der Waals surface area contributed by atoms with E-state index in [2.05, 4.69) is 51.7 Å². The van der Waals surface area contributed by atoms with Crippen molar-refractivity contribution in [2.75, 3.05) is 25.1 Å². The van der Waals surface area contributed by atoms with Crippen LogP contribution in [0.2, 0.25) is 0 Å². The second kappa shape index (κ2) is 9.26. The van der Waals surface area contributed by atoms with Crippen molar-refractivity contribution in [1.82, 2.24) is 20.1 Å². The molecule has 3 heterocycles. The highest BCUT2D eigenvalue weighted by Gasteiger charge is 2.24. The Hall–Kier alpha value is -2.93. The number of rotatable bonds is 7. The highest BCUT2D eigenvalue weighted by molar-refractivity contribution is 6.06. The molecule has 0 saturated carbocycles. The van der Waals surface area contributed by atoms with E-state index in [-0.39, 0.29) is 11.9 Å². The molecule has 7 heteroatoms. The number of aromatic nitrogens is 3. The Bertz CT molecular complexity index is 993. The fraction of sp³-hybridized carbons (Fsp3) is 0.435. The van der Waals surface area contributed by atoms with Crippen molar-refractivity contribution in [3.8, 4) is 0 Å². The third kappa shape index (κ3) is 4.31. The molecule has 3 aromatic rings. The number of amides is 1. The van der Waals surface area contributed by atoms with Gasteiger partial charge in [-0.25, -0.2) is 4.98 Å². The van der Waals surface area contributed by atoms with Crippen molar-refractivity contribution in [3.05, 3.63) is 53.3 Å². The lowest BCUT2D eigenvalue weighted by atomic mass is 10.1. The molecule has 1 amide bonds. The lowest BCUT2D eigenvalue weighted by molar-refractivity contribution is 0.0753. The number of carbonyl (C=O) groups is 1. The van der Waals surface area contributed by atoms with Crippen molar-refractivity contribution in [2.24, 2.45) is 0 Å². The van der Waals surface area contributed by atoms with Gasteiger partial charge in [-0.2, -0.15) is 5.10 Å². The number of nitrogens with zero attached hydrogens (tertiary/aromatic N) is 3. The smallest absolute Gasteiger partial charge is 0.257 e. The first-order chi connectivity index (χ1) is 14.7. The number of ether oxygens (including phenoxy) is 1. The largest absolute Gasteiger partial charge is 0.381 e. The van der Waals surface area contributed by atoms with Gasteiger partial charge in [0.2, 0.25) is 0 Å². The first-order valence-corrected chi connectivity index (χ1v) is 10.7. The Morgan fingerprint density at radius 3 is 2.60 bits per heavy atom. The molecule has 4 rings (SSSR count). The molecule has 2 aromatic heterocycles. The summed E-state index contributed by atoms with van der Waals surface area (Å²) in [6, 6.07) is 8.74. The van der Waals surface area contributed by atoms with Crippen LogP contribution in [0.25, 0.3) is 11.0 Å². The fourth-order valence-electron chi connectivity index (χ4n) is 3.86. The predicted octanol–water partition coefficient (Wildman–Crippen LogP) is 3.77. The standard InChI is InChI=1S/C23H29N5O2/c1-3-16-5-7-17(8-6-16)15-28(4-2)23(29)20-13-24-22-19(14-25-27-22)21(20)26-18-9-11-30-12-10-18/h5-8,13-14,18H,3-4,9-12,15H2,1-2H3,(H2,24,25,26,27). The molecule has 1 aliphatic heterocycles. The van der Waals surface area contributed by atoms with Crippen molar-refractivity contribution < 1.29 is 9.53 Å². The number of aromatic amines is 1. The van der Waals surface area contributed by atoms with Gasteiger partial charge in [-0.1, -0.05) is 31.2 Å². The van der Waals surface area contributed by atoms with E-state index in [1.807, 2.05) is 11.8 Å². The monoisotopic (exact) mass is 407 g/mol. The summed E-state index contributed by atoms with van der Waals surface area (Å²) in [5.41, 5.74) is 4.50. The lowest BCUT2D eigenvalue weighted by Crippen LogP contribution is -2.33. The van der Waals surface area contributed by atoms with Gasteiger partial charge in [0.25, 0.3) is 5.91 Å². The van der Waals surface area contributed by atoms with Crippen LogP contribution in [0.5, 0.6) is 0 Å². The number of benzene rings is 1. The average Bonchev–Trinajstić information content (AvgIpc) is 3.28. The Balaban J connectivity index is 1.62. The van der Waals surface area contributed by atoms with Crippen LogP contribution in [0.1, 0.15) is 48.2 Å². The molecular formula is C23H29N5O2. The highest BCUT2D eigenvalue weighted by atomic mass is 16.5. The van der Waals surface area contributed by atoms with Gasteiger partial charge in [-0.15, -0.1) is 0 Å². The van der Waals surface area contributed by atoms with Crippen molar-refractivity contribution in [3.63, 3.8) is 0 Å². The average molecular weight is 408 g/mol. The molecule has 30 heavy (non-hydrogen) atoms. The molecule has 1 fully saturated rings. The summed E-state index contributed by atoms with van der Waals surface area (Å²) >= 11 is 0. The molecule has 1 saturated heterocycles. The second-order valence-electron chi connectivity index (χ2n) is 7.70. The third-order valence-corrected chi connectivity index (χ3v) is 5.75. The van der Waals surface area contributed by atoms with E-state index in [0.717, 1.165) is 49.1 Å². The summed E-state index contributed by atoms with van der Waals surface area (Å²) in [5, 5.41) is 11.5. The number of nitrogens with one attached hydrogen (secondary N) is 2. The zero-order valence-electron chi connectivity index (χ0n) is 17.6. The van der Waals surface area contributed by atoms with Gasteiger partial charge in [-0.3, -0.25) is 9.89 Å². The maximum atomic E-state index is 13.5. The van der Waals surface area contributed by atoms with E-state index in [9.17, 15) is 4.79 Å². The van der Waals surface area contributed by atoms with E-state index in [4.69, 9.17) is 4.74 Å². The van der Waals surface area contributed by atoms with Crippen LogP contribution in [0, 0.1) is 0 Å². The van der Waals surface area contributed by atoms with Crippen molar-refractivity contribution in [2.45, 2.75) is 45.7 Å². The SMILES string of the molecule is CCc1ccc(CN(CC)C(=O)c2cnc3[nH]ncc3c2NC2CCOCC2)cc1. The van der Waals surface area contributed by atoms with Crippen LogP contribution in [-0.4, -0.2) is 51.8 Å². The number of pyridine rings is 1. The minimum atomic E-state index is -0.0257. The molecule has 1 aromatic carbocycles. The predicted molar refractivity (Wildman–Crippen MR) is 118 cm³/mol. The quantitative estimate of drug-likeness (QED) is 0.623. The molecule has 0 spiro atoms. The Morgan fingerprint density at radius 2 is 1.90 bits per heavy atom. The van der Waals surface area contributed by atoms with Gasteiger partial charge < -0.3 is 15.0 Å². The summed E-state index contributed by atoms with van der Waals surface area (Å²) in [6.07, 6.45) is 6.23. The highest BCUT2D eigenvalue weighted by Crippen LogP contribution is 2.28. The molecule has 2 N–H and O–H groups in total. The normalized spacial score (nSPS) is 14.7. The van der Waals surface area contributed by atoms with Crippen molar-refractivity contribution in [1.29, 1.82) is 0 Å². The molecule has 0 unspecified atom stereocenters. The number of hydrogen-bond acceptors (Lipinski definition) is 5. The Kier molecular flexibility index (Phi) is 6.28. The van der Waals surface area contributed by atoms with Crippen LogP contribution in [0.3, 0.4) is 0 Å². The first kappa shape index (κ1) is 20.3. The zero-order valence-corrected chi connectivity index (χ0v) is 17.6. The number of hydrogen-bond donors (Lipinski definition) is 2. The van der Waals surface area contributed by atoms with Crippen LogP contribution in [0.15, 0.2) is 36.7 Å². The Labute approximate surface area is 176 Å². The Morgan fingerprint density at radius 1 is 1.17 bits per heavy atom. The number of anilines is 1. The lowest BCUT2D eigenvalue weighted by Gasteiger charge is -2.27. The summed E-state index contributed by atoms with van der Waals surface area (Å²) in [4.78, 5) is 19.8. The summed E-state index contributed by atoms with van der Waals surface area (Å²) in [5.74, 6) is -0.0257. The van der Waals surface area contributed by atoms with Crippen molar-refractivity contribution >= 4 is 22.6 Å². The van der Waals surface area contributed by atoms with Crippen LogP contribution < -0.4 is 5.32 Å². The molecule has 0 aliphatic carbocycles. The van der Waals surface area contributed by atoms with Gasteiger partial charge >= 0.3 is 0 Å². The second-order valence-corrected chi connectivity index (χ2v) is 7.70. The molecule has 0 atom stereocenters. The summed E-state index contributed by atoms with van der Waals surface area (Å²) < 4.78 is 5.48. The van der Waals surface area contributed by atoms with Crippen LogP contribution in [-0.2, 0) is 17.7 Å². The summed E-state index contributed by atoms with van der Waals surface area (Å²) in [6.45, 7) is 6.80. The molecule has 1 aliphatic rings. The van der Waals surface area contributed by atoms with E-state index in [1.54, 1.807) is 12.4 Å². The minimum Gasteiger partial charge on any atom is -0.381 e. The minimum absolute atomic E-state index is 0.0257. The van der Waals surface area contributed by atoms with E-state index < -0.39 is 0 Å². The van der Waals surface area contributed by atoms with E-state index in [1.165, 1.54) is 5.56 Å². The molecule has 0 bridgehead atoms. The van der Waals surface area contributed by atoms with Gasteiger partial charge in [-0.05, 0) is 37.3 Å². The molecule has 158 valence electrons. The first-order valence-electron chi connectivity index (χ1n) is 10.7. The number of fused-ring (bicyclic) bond motifs is 1. The zero-order chi connectivity index (χ0) is 20.9. The van der Waals surface area contributed by atoms with Gasteiger partial charge in [0, 0.05) is 38.5 Å². The number of aryl methyl sites for hydroxylation is 1. The van der Waals surface area contributed by atoms with E-state index >= 15 is 0 Å². The topological polar surface area (TPSA) is 83.1 Å². The molecular weight excluding hydrogens is 378 g/mol. The van der Waals surface area contributed by atoms with Gasteiger partial charge in [0.15, 0.2) is 5.65 Å². The number of carbonyl (C=O) groups excluding carboxylic acids is 1. The van der Waals surface area contributed by atoms with Crippen LogP contribution in [0.4, 0.5) is 5.69 Å². The maximum Gasteiger partial charge on any atom is 0.257 e. The number of H-pyrrole nitrogens is 1. The maximum absolute atomic E-state index is 13.5. The fourth-order valence-corrected chi connectivity index (χ4v) is 3.86. The third-order valence-electron chi connectivity index (χ3n) is 5.75. The van der Waals surface area contributed by atoms with E-state index in [0.29, 0.717) is 24.3 Å². The molecule has 0 radical (unpaired) electrons. The molecule has 7 nitrogen and oxygen atoms in total. The van der Waals surface area contributed by atoms with Gasteiger partial charge in [0.05, 0.1) is 22.8 Å². The van der Waals surface area contributed by atoms with Gasteiger partial charge in [0.1, 0.15) is 0 Å². The van der Waals surface area contributed by atoms with Crippen LogP contribution >= 0.6 is 0 Å².